The van der Waals surface area contributed by atoms with Gasteiger partial charge in [-0.25, -0.2) is 4.99 Å². The minimum absolute atomic E-state index is 0. The highest BCUT2D eigenvalue weighted by Crippen LogP contribution is 2.38. The summed E-state index contributed by atoms with van der Waals surface area (Å²) in [6, 6.07) is 5.79. The number of nitrogens with zero attached hydrogens (tertiary/aromatic N) is 2. The summed E-state index contributed by atoms with van der Waals surface area (Å²) in [6.45, 7) is 7.51. The second-order valence-electron chi connectivity index (χ2n) is 7.20. The van der Waals surface area contributed by atoms with Gasteiger partial charge in [-0.05, 0) is 37.5 Å². The zero-order valence-corrected chi connectivity index (χ0v) is 19.1. The van der Waals surface area contributed by atoms with Crippen molar-refractivity contribution in [3.8, 4) is 11.5 Å². The molecule has 8 heteroatoms. The van der Waals surface area contributed by atoms with Gasteiger partial charge in [-0.2, -0.15) is 0 Å². The van der Waals surface area contributed by atoms with Gasteiger partial charge < -0.3 is 29.5 Å². The maximum absolute atomic E-state index is 8.92. The standard InChI is InChI=1S/C20H31N3O4.HI/c1-3-21-19(23-8-6-20(14-23)7-10-26-15-20)22-13-16-4-5-17(27-11-9-24)18(12-16)25-2;/h4-5,12,24H,3,6-11,13-15H2,1-2H3,(H,21,22);1H. The number of ether oxygens (including phenoxy) is 3. The molecule has 1 aromatic rings. The second kappa shape index (κ2) is 11.1. The maximum atomic E-state index is 8.92. The van der Waals surface area contributed by atoms with Crippen molar-refractivity contribution in [2.24, 2.45) is 10.4 Å². The van der Waals surface area contributed by atoms with Crippen molar-refractivity contribution in [1.82, 2.24) is 10.2 Å². The number of hydrogen-bond acceptors (Lipinski definition) is 5. The predicted molar refractivity (Wildman–Crippen MR) is 120 cm³/mol. The SMILES string of the molecule is CCNC(=NCc1ccc(OCCO)c(OC)c1)N1CCC2(CCOC2)C1.I. The Morgan fingerprint density at radius 1 is 1.36 bits per heavy atom. The topological polar surface area (TPSA) is 75.6 Å². The Bertz CT molecular complexity index is 650. The van der Waals surface area contributed by atoms with E-state index in [9.17, 15) is 0 Å². The Morgan fingerprint density at radius 2 is 2.21 bits per heavy atom. The number of rotatable bonds is 7. The fourth-order valence-corrected chi connectivity index (χ4v) is 3.76. The number of halogens is 1. The van der Waals surface area contributed by atoms with E-state index in [4.69, 9.17) is 24.3 Å². The third-order valence-electron chi connectivity index (χ3n) is 5.25. The zero-order valence-electron chi connectivity index (χ0n) is 16.8. The molecular formula is C20H32IN3O4. The molecule has 2 N–H and O–H groups in total. The number of nitrogens with one attached hydrogen (secondary N) is 1. The molecule has 28 heavy (non-hydrogen) atoms. The van der Waals surface area contributed by atoms with Crippen molar-refractivity contribution in [3.63, 3.8) is 0 Å². The van der Waals surface area contributed by atoms with Crippen molar-refractivity contribution in [2.45, 2.75) is 26.3 Å². The average molecular weight is 505 g/mol. The number of guanidine groups is 1. The summed E-state index contributed by atoms with van der Waals surface area (Å²) in [7, 11) is 1.62. The van der Waals surface area contributed by atoms with E-state index >= 15 is 0 Å². The lowest BCUT2D eigenvalue weighted by molar-refractivity contribution is 0.156. The summed E-state index contributed by atoms with van der Waals surface area (Å²) in [4.78, 5) is 7.20. The molecule has 0 amide bonds. The van der Waals surface area contributed by atoms with Gasteiger partial charge in [-0.15, -0.1) is 24.0 Å². The fourth-order valence-electron chi connectivity index (χ4n) is 3.76. The molecule has 158 valence electrons. The molecule has 2 heterocycles. The molecule has 2 fully saturated rings. The number of aliphatic imine (C=N–C) groups is 1. The first kappa shape index (κ1) is 23.0. The van der Waals surface area contributed by atoms with Crippen LogP contribution in [0.25, 0.3) is 0 Å². The van der Waals surface area contributed by atoms with E-state index in [-0.39, 0.29) is 37.2 Å². The normalized spacial score (nSPS) is 21.7. The third-order valence-corrected chi connectivity index (χ3v) is 5.25. The van der Waals surface area contributed by atoms with Crippen molar-refractivity contribution in [2.75, 3.05) is 53.2 Å². The van der Waals surface area contributed by atoms with Crippen LogP contribution in [0.1, 0.15) is 25.3 Å². The molecule has 1 aromatic carbocycles. The van der Waals surface area contributed by atoms with Crippen LogP contribution in [0.2, 0.25) is 0 Å². The first-order valence-corrected chi connectivity index (χ1v) is 9.71. The van der Waals surface area contributed by atoms with Gasteiger partial charge in [0.05, 0.1) is 26.9 Å². The summed E-state index contributed by atoms with van der Waals surface area (Å²) in [5, 5.41) is 12.3. The number of benzene rings is 1. The Labute approximate surface area is 184 Å². The van der Waals surface area contributed by atoms with Crippen LogP contribution < -0.4 is 14.8 Å². The van der Waals surface area contributed by atoms with Gasteiger partial charge >= 0.3 is 0 Å². The zero-order chi connectivity index (χ0) is 19.1. The molecular weight excluding hydrogens is 473 g/mol. The molecule has 7 nitrogen and oxygen atoms in total. The van der Waals surface area contributed by atoms with E-state index in [1.54, 1.807) is 7.11 Å². The van der Waals surface area contributed by atoms with Gasteiger partial charge in [0.1, 0.15) is 6.61 Å². The molecule has 1 spiro atoms. The third kappa shape index (κ3) is 5.64. The van der Waals surface area contributed by atoms with Crippen LogP contribution in [0.15, 0.2) is 23.2 Å². The lowest BCUT2D eigenvalue weighted by atomic mass is 9.87. The van der Waals surface area contributed by atoms with Crippen LogP contribution in [-0.4, -0.2) is 69.1 Å². The molecule has 0 bridgehead atoms. The number of aliphatic hydroxyl groups excluding tert-OH is 1. The van der Waals surface area contributed by atoms with Gasteiger partial charge in [-0.3, -0.25) is 0 Å². The summed E-state index contributed by atoms with van der Waals surface area (Å²) >= 11 is 0. The molecule has 0 aliphatic carbocycles. The molecule has 1 unspecified atom stereocenters. The van der Waals surface area contributed by atoms with Crippen LogP contribution in [-0.2, 0) is 11.3 Å². The van der Waals surface area contributed by atoms with Gasteiger partial charge in [0.15, 0.2) is 17.5 Å². The summed E-state index contributed by atoms with van der Waals surface area (Å²) in [5.74, 6) is 2.25. The average Bonchev–Trinajstić information content (AvgIpc) is 3.33. The minimum Gasteiger partial charge on any atom is -0.493 e. The fraction of sp³-hybridized carbons (Fsp3) is 0.650. The Kier molecular flexibility index (Phi) is 9.10. The Balaban J connectivity index is 0.00000280. The summed E-state index contributed by atoms with van der Waals surface area (Å²) < 4.78 is 16.5. The first-order chi connectivity index (χ1) is 13.2. The predicted octanol–water partition coefficient (Wildman–Crippen LogP) is 2.26. The van der Waals surface area contributed by atoms with Gasteiger partial charge in [0.2, 0.25) is 0 Å². The van der Waals surface area contributed by atoms with Crippen molar-refractivity contribution in [1.29, 1.82) is 0 Å². The molecule has 2 aliphatic heterocycles. The maximum Gasteiger partial charge on any atom is 0.194 e. The first-order valence-electron chi connectivity index (χ1n) is 9.71. The highest BCUT2D eigenvalue weighted by Gasteiger charge is 2.42. The monoisotopic (exact) mass is 505 g/mol. The van der Waals surface area contributed by atoms with Gasteiger partial charge in [0.25, 0.3) is 0 Å². The largest absolute Gasteiger partial charge is 0.493 e. The highest BCUT2D eigenvalue weighted by molar-refractivity contribution is 14.0. The van der Waals surface area contributed by atoms with Crippen LogP contribution in [0.4, 0.5) is 0 Å². The van der Waals surface area contributed by atoms with E-state index in [2.05, 4.69) is 17.1 Å². The molecule has 1 atom stereocenters. The van der Waals surface area contributed by atoms with Crippen LogP contribution >= 0.6 is 24.0 Å². The highest BCUT2D eigenvalue weighted by atomic mass is 127. The van der Waals surface area contributed by atoms with Crippen LogP contribution in [0.3, 0.4) is 0 Å². The molecule has 0 saturated carbocycles. The van der Waals surface area contributed by atoms with E-state index in [0.717, 1.165) is 50.8 Å². The Morgan fingerprint density at radius 3 is 2.89 bits per heavy atom. The van der Waals surface area contributed by atoms with Crippen molar-refractivity contribution < 1.29 is 19.3 Å². The number of methoxy groups -OCH3 is 1. The quantitative estimate of drug-likeness (QED) is 0.337. The van der Waals surface area contributed by atoms with E-state index in [1.165, 1.54) is 6.42 Å². The summed E-state index contributed by atoms with van der Waals surface area (Å²) in [5.41, 5.74) is 1.36. The molecule has 2 saturated heterocycles. The molecule has 0 aromatic heterocycles. The number of aliphatic hydroxyl groups is 1. The van der Waals surface area contributed by atoms with Crippen LogP contribution in [0, 0.1) is 5.41 Å². The van der Waals surface area contributed by atoms with Crippen LogP contribution in [0.5, 0.6) is 11.5 Å². The van der Waals surface area contributed by atoms with Crippen molar-refractivity contribution in [3.05, 3.63) is 23.8 Å². The molecule has 3 rings (SSSR count). The van der Waals surface area contributed by atoms with Gasteiger partial charge in [-0.1, -0.05) is 6.07 Å². The lowest BCUT2D eigenvalue weighted by Crippen LogP contribution is -2.41. The smallest absolute Gasteiger partial charge is 0.194 e. The van der Waals surface area contributed by atoms with Gasteiger partial charge in [0, 0.05) is 31.7 Å². The van der Waals surface area contributed by atoms with E-state index < -0.39 is 0 Å². The summed E-state index contributed by atoms with van der Waals surface area (Å²) in [6.07, 6.45) is 2.32. The van der Waals surface area contributed by atoms with E-state index in [0.29, 0.717) is 23.5 Å². The molecule has 2 aliphatic rings. The van der Waals surface area contributed by atoms with Crippen molar-refractivity contribution >= 4 is 29.9 Å². The van der Waals surface area contributed by atoms with E-state index in [1.807, 2.05) is 18.2 Å². The number of hydrogen-bond donors (Lipinski definition) is 2. The second-order valence-corrected chi connectivity index (χ2v) is 7.20. The Hall–Kier alpha value is -1.26. The lowest BCUT2D eigenvalue weighted by Gasteiger charge is -2.25. The minimum atomic E-state index is -0.0242. The molecule has 0 radical (unpaired) electrons. The number of likely N-dealkylation sites (tertiary alicyclic amines) is 1.